The summed E-state index contributed by atoms with van der Waals surface area (Å²) >= 11 is 0. The van der Waals surface area contributed by atoms with Gasteiger partial charge in [-0.15, -0.1) is 10.2 Å². The normalized spacial score (nSPS) is 15.3. The third-order valence-corrected chi connectivity index (χ3v) is 6.69. The summed E-state index contributed by atoms with van der Waals surface area (Å²) in [5, 5.41) is 15.7. The van der Waals surface area contributed by atoms with Crippen LogP contribution in [-0.4, -0.2) is 40.8 Å². The molecule has 1 aliphatic rings. The van der Waals surface area contributed by atoms with Gasteiger partial charge in [0.2, 0.25) is 0 Å². The van der Waals surface area contributed by atoms with Gasteiger partial charge in [0, 0.05) is 43.2 Å². The zero-order chi connectivity index (χ0) is 25.7. The van der Waals surface area contributed by atoms with Crippen LogP contribution < -0.4 is 5.32 Å². The van der Waals surface area contributed by atoms with Crippen molar-refractivity contribution in [2.45, 2.75) is 25.7 Å². The molecule has 4 aromatic heterocycles. The Morgan fingerprint density at radius 1 is 1.16 bits per heavy atom. The average molecular weight is 505 g/mol. The Morgan fingerprint density at radius 3 is 2.76 bits per heavy atom. The largest absolute Gasteiger partial charge is 0.342 e. The summed E-state index contributed by atoms with van der Waals surface area (Å²) in [5.41, 5.74) is 3.28. The fraction of sp³-hybridized carbons (Fsp3) is 0.231. The zero-order valence-corrected chi connectivity index (χ0v) is 20.1. The SMILES string of the molecule is Cc1cnc(Nc2ccnn2C)cc1-c1cc2n(c1)C[C@H](CF)n1c-2nnc1C(F)c1ccccc1F. The first-order chi connectivity index (χ1) is 17.9. The van der Waals surface area contributed by atoms with E-state index in [0.29, 0.717) is 17.3 Å². The number of alkyl halides is 2. The van der Waals surface area contributed by atoms with Gasteiger partial charge in [-0.3, -0.25) is 9.25 Å². The summed E-state index contributed by atoms with van der Waals surface area (Å²) in [7, 11) is 1.83. The summed E-state index contributed by atoms with van der Waals surface area (Å²) in [6.07, 6.45) is 3.52. The smallest absolute Gasteiger partial charge is 0.187 e. The molecule has 1 aromatic carbocycles. The number of aryl methyl sites for hydroxylation is 2. The molecule has 1 N–H and O–H groups in total. The van der Waals surface area contributed by atoms with Crippen molar-refractivity contribution >= 4 is 11.6 Å². The molecule has 5 heterocycles. The standard InChI is InChI=1S/C26H23F3N8/c1-15-12-30-22(32-23-7-8-31-35(23)2)10-19(15)16-9-21-25-33-34-26(24(29)18-5-3-4-6-20(18)28)37(25)17(11-27)14-36(21)13-16/h3-10,12-13,17,24H,11,14H2,1-2H3,(H,30,32)/t17-,24?/m0/s1. The minimum absolute atomic E-state index is 0.112. The van der Waals surface area contributed by atoms with Gasteiger partial charge < -0.3 is 9.88 Å². The number of fused-ring (bicyclic) bond motifs is 3. The molecule has 37 heavy (non-hydrogen) atoms. The maximum atomic E-state index is 15.5. The number of hydrogen-bond acceptors (Lipinski definition) is 5. The van der Waals surface area contributed by atoms with Crippen molar-refractivity contribution in [2.75, 3.05) is 12.0 Å². The van der Waals surface area contributed by atoms with E-state index in [1.54, 1.807) is 23.1 Å². The van der Waals surface area contributed by atoms with E-state index in [4.69, 9.17) is 0 Å². The second-order valence-electron chi connectivity index (χ2n) is 9.06. The number of nitrogens with zero attached hydrogens (tertiary/aromatic N) is 7. The van der Waals surface area contributed by atoms with Crippen molar-refractivity contribution in [3.63, 3.8) is 0 Å². The molecule has 0 spiro atoms. The lowest BCUT2D eigenvalue weighted by Gasteiger charge is -2.26. The van der Waals surface area contributed by atoms with Crippen molar-refractivity contribution in [1.29, 1.82) is 0 Å². The number of aromatic nitrogens is 7. The van der Waals surface area contributed by atoms with Crippen molar-refractivity contribution < 1.29 is 13.2 Å². The van der Waals surface area contributed by atoms with Crippen LogP contribution in [0.25, 0.3) is 22.6 Å². The first-order valence-electron chi connectivity index (χ1n) is 11.8. The molecule has 8 nitrogen and oxygen atoms in total. The highest BCUT2D eigenvalue weighted by atomic mass is 19.1. The van der Waals surface area contributed by atoms with E-state index in [-0.39, 0.29) is 17.9 Å². The number of rotatable bonds is 6. The molecule has 188 valence electrons. The van der Waals surface area contributed by atoms with Crippen molar-refractivity contribution in [1.82, 2.24) is 34.1 Å². The highest BCUT2D eigenvalue weighted by molar-refractivity contribution is 5.75. The first-order valence-corrected chi connectivity index (χ1v) is 11.8. The lowest BCUT2D eigenvalue weighted by Crippen LogP contribution is -2.26. The zero-order valence-electron chi connectivity index (χ0n) is 20.1. The Labute approximate surface area is 210 Å². The minimum atomic E-state index is -1.87. The minimum Gasteiger partial charge on any atom is -0.342 e. The van der Waals surface area contributed by atoms with E-state index in [0.717, 1.165) is 22.5 Å². The molecule has 0 fully saturated rings. The van der Waals surface area contributed by atoms with Crippen LogP contribution in [0, 0.1) is 12.7 Å². The van der Waals surface area contributed by atoms with Crippen LogP contribution in [-0.2, 0) is 13.6 Å². The number of benzene rings is 1. The summed E-state index contributed by atoms with van der Waals surface area (Å²) in [6, 6.07) is 10.6. The topological polar surface area (TPSA) is 78.4 Å². The van der Waals surface area contributed by atoms with Crippen LogP contribution in [0.1, 0.15) is 29.2 Å². The van der Waals surface area contributed by atoms with E-state index in [1.807, 2.05) is 42.9 Å². The Bertz CT molecular complexity index is 1600. The second-order valence-corrected chi connectivity index (χ2v) is 9.06. The molecule has 1 unspecified atom stereocenters. The summed E-state index contributed by atoms with van der Waals surface area (Å²) < 4.78 is 49.0. The van der Waals surface area contributed by atoms with E-state index in [9.17, 15) is 8.78 Å². The number of nitrogens with one attached hydrogen (secondary N) is 1. The predicted octanol–water partition coefficient (Wildman–Crippen LogP) is 5.32. The Balaban J connectivity index is 1.40. The van der Waals surface area contributed by atoms with Gasteiger partial charge in [0.25, 0.3) is 0 Å². The quantitative estimate of drug-likeness (QED) is 0.339. The second kappa shape index (κ2) is 8.91. The average Bonchev–Trinajstić information content (AvgIpc) is 3.63. The monoisotopic (exact) mass is 504 g/mol. The van der Waals surface area contributed by atoms with Crippen LogP contribution in [0.5, 0.6) is 0 Å². The van der Waals surface area contributed by atoms with Crippen LogP contribution in [0.4, 0.5) is 24.8 Å². The summed E-state index contributed by atoms with van der Waals surface area (Å²) in [4.78, 5) is 4.47. The van der Waals surface area contributed by atoms with E-state index < -0.39 is 24.7 Å². The Kier molecular flexibility index (Phi) is 5.54. The first kappa shape index (κ1) is 23.0. The van der Waals surface area contributed by atoms with Crippen LogP contribution in [0.3, 0.4) is 0 Å². The van der Waals surface area contributed by atoms with Gasteiger partial charge in [-0.1, -0.05) is 18.2 Å². The highest BCUT2D eigenvalue weighted by Crippen LogP contribution is 2.39. The Morgan fingerprint density at radius 2 is 2.00 bits per heavy atom. The Hall–Kier alpha value is -4.41. The number of pyridine rings is 1. The molecule has 0 amide bonds. The van der Waals surface area contributed by atoms with Crippen molar-refractivity contribution in [3.8, 4) is 22.6 Å². The van der Waals surface area contributed by atoms with Gasteiger partial charge in [-0.05, 0) is 36.2 Å². The lowest BCUT2D eigenvalue weighted by atomic mass is 10.1. The van der Waals surface area contributed by atoms with E-state index >= 15 is 4.39 Å². The van der Waals surface area contributed by atoms with E-state index in [1.165, 1.54) is 22.8 Å². The molecule has 1 aliphatic heterocycles. The highest BCUT2D eigenvalue weighted by Gasteiger charge is 2.34. The molecular formula is C26H23F3N8. The van der Waals surface area contributed by atoms with Crippen LogP contribution in [0.2, 0.25) is 0 Å². The summed E-state index contributed by atoms with van der Waals surface area (Å²) in [5.74, 6) is 0.981. The molecule has 5 aromatic rings. The molecule has 6 rings (SSSR count). The fourth-order valence-electron chi connectivity index (χ4n) is 4.78. The molecule has 0 aliphatic carbocycles. The lowest BCUT2D eigenvalue weighted by molar-refractivity contribution is 0.286. The molecule has 0 saturated heterocycles. The molecule has 0 bridgehead atoms. The van der Waals surface area contributed by atoms with Crippen molar-refractivity contribution in [2.24, 2.45) is 7.05 Å². The van der Waals surface area contributed by atoms with Gasteiger partial charge in [0.15, 0.2) is 17.8 Å². The van der Waals surface area contributed by atoms with Crippen LogP contribution in [0.15, 0.2) is 61.1 Å². The third-order valence-electron chi connectivity index (χ3n) is 6.69. The summed E-state index contributed by atoms with van der Waals surface area (Å²) in [6.45, 7) is 1.47. The number of halogens is 3. The number of anilines is 2. The van der Waals surface area contributed by atoms with Gasteiger partial charge in [0.1, 0.15) is 24.1 Å². The molecule has 2 atom stereocenters. The third kappa shape index (κ3) is 3.87. The van der Waals surface area contributed by atoms with Crippen LogP contribution >= 0.6 is 0 Å². The molecular weight excluding hydrogens is 481 g/mol. The van der Waals surface area contributed by atoms with Gasteiger partial charge >= 0.3 is 0 Å². The fourth-order valence-corrected chi connectivity index (χ4v) is 4.78. The van der Waals surface area contributed by atoms with Gasteiger partial charge in [-0.25, -0.2) is 18.2 Å². The molecule has 0 radical (unpaired) electrons. The van der Waals surface area contributed by atoms with Gasteiger partial charge in [-0.2, -0.15) is 5.10 Å². The maximum Gasteiger partial charge on any atom is 0.187 e. The maximum absolute atomic E-state index is 15.5. The molecule has 0 saturated carbocycles. The molecule has 11 heteroatoms. The van der Waals surface area contributed by atoms with E-state index in [2.05, 4.69) is 25.6 Å². The number of hydrogen-bond donors (Lipinski definition) is 1. The van der Waals surface area contributed by atoms with Crippen molar-refractivity contribution in [3.05, 3.63) is 83.8 Å². The van der Waals surface area contributed by atoms with Gasteiger partial charge in [0.05, 0.1) is 17.9 Å². The predicted molar refractivity (Wildman–Crippen MR) is 132 cm³/mol.